The van der Waals surface area contributed by atoms with Crippen molar-refractivity contribution in [3.8, 4) is 11.6 Å². The van der Waals surface area contributed by atoms with E-state index in [1.807, 2.05) is 0 Å². The quantitative estimate of drug-likeness (QED) is 0.847. The van der Waals surface area contributed by atoms with Gasteiger partial charge in [-0.1, -0.05) is 17.7 Å². The molecule has 0 fully saturated rings. The Bertz CT molecular complexity index is 432. The molecule has 0 aliphatic heterocycles. The lowest BCUT2D eigenvalue weighted by Crippen LogP contribution is -1.95. The van der Waals surface area contributed by atoms with Crippen LogP contribution in [0.2, 0.25) is 5.02 Å². The summed E-state index contributed by atoms with van der Waals surface area (Å²) >= 11 is 5.80. The maximum Gasteiger partial charge on any atom is 0.224 e. The van der Waals surface area contributed by atoms with Crippen molar-refractivity contribution >= 4 is 17.5 Å². The van der Waals surface area contributed by atoms with E-state index in [1.54, 1.807) is 30.3 Å². The lowest BCUT2D eigenvalue weighted by atomic mass is 10.3. The van der Waals surface area contributed by atoms with Crippen LogP contribution >= 0.6 is 11.6 Å². The number of nitrogens with zero attached hydrogens (tertiary/aromatic N) is 2. The highest BCUT2D eigenvalue weighted by molar-refractivity contribution is 6.30. The first-order valence-corrected chi connectivity index (χ1v) is 4.64. The standard InChI is InChI=1S/C10H8ClN3O/c11-7-2-1-3-8(6-7)15-9-4-5-13-10(12)14-9/h1-6H,(H2,12,13,14). The van der Waals surface area contributed by atoms with Crippen molar-refractivity contribution in [1.29, 1.82) is 0 Å². The van der Waals surface area contributed by atoms with E-state index in [0.29, 0.717) is 16.7 Å². The van der Waals surface area contributed by atoms with Crippen molar-refractivity contribution in [3.63, 3.8) is 0 Å². The van der Waals surface area contributed by atoms with Crippen LogP contribution in [-0.4, -0.2) is 9.97 Å². The van der Waals surface area contributed by atoms with Crippen LogP contribution < -0.4 is 10.5 Å². The van der Waals surface area contributed by atoms with E-state index < -0.39 is 0 Å². The van der Waals surface area contributed by atoms with Gasteiger partial charge in [0.25, 0.3) is 0 Å². The fourth-order valence-electron chi connectivity index (χ4n) is 1.06. The average Bonchev–Trinajstić information content (AvgIpc) is 2.17. The smallest absolute Gasteiger partial charge is 0.224 e. The van der Waals surface area contributed by atoms with Crippen LogP contribution in [-0.2, 0) is 0 Å². The van der Waals surface area contributed by atoms with E-state index in [0.717, 1.165) is 0 Å². The largest absolute Gasteiger partial charge is 0.439 e. The number of aromatic nitrogens is 2. The van der Waals surface area contributed by atoms with Gasteiger partial charge in [-0.25, -0.2) is 4.98 Å². The molecular weight excluding hydrogens is 214 g/mol. The summed E-state index contributed by atoms with van der Waals surface area (Å²) in [5.74, 6) is 1.18. The van der Waals surface area contributed by atoms with Crippen LogP contribution in [0, 0.1) is 0 Å². The second-order valence-corrected chi connectivity index (χ2v) is 3.25. The fraction of sp³-hybridized carbons (Fsp3) is 0. The van der Waals surface area contributed by atoms with Crippen LogP contribution in [0.3, 0.4) is 0 Å². The summed E-state index contributed by atoms with van der Waals surface area (Å²) in [6.07, 6.45) is 1.53. The second kappa shape index (κ2) is 4.14. The minimum atomic E-state index is 0.175. The van der Waals surface area contributed by atoms with Gasteiger partial charge < -0.3 is 10.5 Å². The SMILES string of the molecule is Nc1nccc(Oc2cccc(Cl)c2)n1. The molecule has 0 spiro atoms. The number of benzene rings is 1. The molecule has 0 bridgehead atoms. The van der Waals surface area contributed by atoms with Crippen molar-refractivity contribution in [1.82, 2.24) is 9.97 Å². The Morgan fingerprint density at radius 3 is 2.87 bits per heavy atom. The third-order valence-corrected chi connectivity index (χ3v) is 1.90. The topological polar surface area (TPSA) is 61.0 Å². The molecule has 15 heavy (non-hydrogen) atoms. The molecule has 1 aromatic carbocycles. The van der Waals surface area contributed by atoms with Crippen molar-refractivity contribution in [2.24, 2.45) is 0 Å². The maximum absolute atomic E-state index is 5.80. The van der Waals surface area contributed by atoms with Crippen LogP contribution in [0.1, 0.15) is 0 Å². The van der Waals surface area contributed by atoms with E-state index in [9.17, 15) is 0 Å². The molecule has 0 radical (unpaired) electrons. The van der Waals surface area contributed by atoms with Gasteiger partial charge in [0.05, 0.1) is 0 Å². The summed E-state index contributed by atoms with van der Waals surface area (Å²) < 4.78 is 5.42. The molecular formula is C10H8ClN3O. The molecule has 0 aliphatic rings. The van der Waals surface area contributed by atoms with Gasteiger partial charge in [-0.15, -0.1) is 0 Å². The van der Waals surface area contributed by atoms with Crippen molar-refractivity contribution < 1.29 is 4.74 Å². The Morgan fingerprint density at radius 2 is 2.13 bits per heavy atom. The van der Waals surface area contributed by atoms with Gasteiger partial charge in [0.15, 0.2) is 0 Å². The lowest BCUT2D eigenvalue weighted by Gasteiger charge is -2.04. The Hall–Kier alpha value is -1.81. The highest BCUT2D eigenvalue weighted by Gasteiger charge is 1.99. The summed E-state index contributed by atoms with van der Waals surface area (Å²) in [6.45, 7) is 0. The molecule has 1 heterocycles. The zero-order valence-corrected chi connectivity index (χ0v) is 8.48. The fourth-order valence-corrected chi connectivity index (χ4v) is 1.24. The number of rotatable bonds is 2. The van der Waals surface area contributed by atoms with E-state index in [1.165, 1.54) is 6.20 Å². The maximum atomic E-state index is 5.80. The van der Waals surface area contributed by atoms with Gasteiger partial charge in [0.2, 0.25) is 11.8 Å². The van der Waals surface area contributed by atoms with Crippen molar-refractivity contribution in [2.45, 2.75) is 0 Å². The van der Waals surface area contributed by atoms with E-state index in [4.69, 9.17) is 22.1 Å². The number of nitrogens with two attached hydrogens (primary N) is 1. The predicted octanol–water partition coefficient (Wildman–Crippen LogP) is 2.50. The van der Waals surface area contributed by atoms with E-state index in [-0.39, 0.29) is 5.95 Å². The Balaban J connectivity index is 2.22. The third kappa shape index (κ3) is 2.57. The average molecular weight is 222 g/mol. The van der Waals surface area contributed by atoms with Crippen molar-refractivity contribution in [3.05, 3.63) is 41.6 Å². The Kier molecular flexibility index (Phi) is 2.69. The first kappa shape index (κ1) is 9.73. The number of anilines is 1. The lowest BCUT2D eigenvalue weighted by molar-refractivity contribution is 0.462. The zero-order chi connectivity index (χ0) is 10.7. The highest BCUT2D eigenvalue weighted by atomic mass is 35.5. The molecule has 0 unspecified atom stereocenters. The molecule has 2 aromatic rings. The second-order valence-electron chi connectivity index (χ2n) is 2.81. The van der Waals surface area contributed by atoms with Gasteiger partial charge in [-0.05, 0) is 18.2 Å². The number of hydrogen-bond donors (Lipinski definition) is 1. The van der Waals surface area contributed by atoms with Crippen LogP contribution in [0.25, 0.3) is 0 Å². The summed E-state index contributed by atoms with van der Waals surface area (Å²) in [4.78, 5) is 7.66. The Morgan fingerprint density at radius 1 is 1.27 bits per heavy atom. The number of hydrogen-bond acceptors (Lipinski definition) is 4. The van der Waals surface area contributed by atoms with Crippen LogP contribution in [0.15, 0.2) is 36.5 Å². The van der Waals surface area contributed by atoms with Gasteiger partial charge in [-0.3, -0.25) is 0 Å². The normalized spacial score (nSPS) is 9.93. The Labute approximate surface area is 91.7 Å². The van der Waals surface area contributed by atoms with Crippen molar-refractivity contribution in [2.75, 3.05) is 5.73 Å². The number of nitrogen functional groups attached to an aromatic ring is 1. The predicted molar refractivity (Wildman–Crippen MR) is 58.0 cm³/mol. The molecule has 0 atom stereocenters. The van der Waals surface area contributed by atoms with E-state index >= 15 is 0 Å². The number of ether oxygens (including phenoxy) is 1. The number of halogens is 1. The minimum Gasteiger partial charge on any atom is -0.439 e. The first-order chi connectivity index (χ1) is 7.24. The van der Waals surface area contributed by atoms with Gasteiger partial charge >= 0.3 is 0 Å². The molecule has 2 rings (SSSR count). The highest BCUT2D eigenvalue weighted by Crippen LogP contribution is 2.22. The monoisotopic (exact) mass is 221 g/mol. The molecule has 0 amide bonds. The van der Waals surface area contributed by atoms with Gasteiger partial charge in [-0.2, -0.15) is 4.98 Å². The molecule has 5 heteroatoms. The summed E-state index contributed by atoms with van der Waals surface area (Å²) in [5, 5.41) is 0.606. The minimum absolute atomic E-state index is 0.175. The molecule has 76 valence electrons. The molecule has 0 aliphatic carbocycles. The molecule has 2 N–H and O–H groups in total. The van der Waals surface area contributed by atoms with Gasteiger partial charge in [0.1, 0.15) is 5.75 Å². The summed E-state index contributed by atoms with van der Waals surface area (Å²) in [7, 11) is 0. The van der Waals surface area contributed by atoms with Crippen LogP contribution in [0.4, 0.5) is 5.95 Å². The summed E-state index contributed by atoms with van der Waals surface area (Å²) in [6, 6.07) is 8.66. The van der Waals surface area contributed by atoms with Crippen LogP contribution in [0.5, 0.6) is 11.6 Å². The molecule has 0 saturated heterocycles. The third-order valence-electron chi connectivity index (χ3n) is 1.67. The van der Waals surface area contributed by atoms with Gasteiger partial charge in [0, 0.05) is 17.3 Å². The molecule has 0 saturated carbocycles. The molecule has 4 nitrogen and oxygen atoms in total. The molecule has 1 aromatic heterocycles. The van der Waals surface area contributed by atoms with E-state index in [2.05, 4.69) is 9.97 Å². The zero-order valence-electron chi connectivity index (χ0n) is 7.72. The summed E-state index contributed by atoms with van der Waals surface area (Å²) in [5.41, 5.74) is 5.41. The first-order valence-electron chi connectivity index (χ1n) is 4.26.